The summed E-state index contributed by atoms with van der Waals surface area (Å²) in [6.45, 7) is 7.40. The van der Waals surface area contributed by atoms with Crippen LogP contribution >= 0.6 is 0 Å². The molecule has 0 aliphatic carbocycles. The maximum atomic E-state index is 6.14. The summed E-state index contributed by atoms with van der Waals surface area (Å²) in [5.41, 5.74) is 1.90. The molecule has 6 heteroatoms. The zero-order valence-corrected chi connectivity index (χ0v) is 17.7. The summed E-state index contributed by atoms with van der Waals surface area (Å²) >= 11 is 0. The number of aliphatic imine (C=N–C) groups is 1. The van der Waals surface area contributed by atoms with E-state index in [9.17, 15) is 0 Å². The van der Waals surface area contributed by atoms with E-state index in [2.05, 4.69) is 42.5 Å². The number of aromatic nitrogens is 1. The zero-order valence-electron chi connectivity index (χ0n) is 17.7. The van der Waals surface area contributed by atoms with E-state index in [1.54, 1.807) is 6.20 Å². The van der Waals surface area contributed by atoms with E-state index in [1.165, 1.54) is 0 Å². The molecule has 0 saturated heterocycles. The number of guanidine groups is 1. The smallest absolute Gasteiger partial charge is 0.216 e. The maximum Gasteiger partial charge on any atom is 0.216 e. The Hall–Kier alpha value is -3.28. The number of hydrogen-bond donors (Lipinski definition) is 2. The number of para-hydroxylation sites is 1. The molecule has 1 aliphatic rings. The van der Waals surface area contributed by atoms with E-state index in [0.29, 0.717) is 12.4 Å². The summed E-state index contributed by atoms with van der Waals surface area (Å²) in [7, 11) is 0. The average molecular weight is 405 g/mol. The van der Waals surface area contributed by atoms with Gasteiger partial charge < -0.3 is 19.8 Å². The van der Waals surface area contributed by atoms with E-state index in [0.717, 1.165) is 41.6 Å². The topological polar surface area (TPSA) is 71.7 Å². The van der Waals surface area contributed by atoms with Crippen LogP contribution in [0.2, 0.25) is 0 Å². The monoisotopic (exact) mass is 404 g/mol. The Kier molecular flexibility index (Phi) is 5.74. The van der Waals surface area contributed by atoms with Crippen molar-refractivity contribution in [2.45, 2.75) is 45.4 Å². The van der Waals surface area contributed by atoms with Crippen molar-refractivity contribution in [1.82, 2.24) is 15.6 Å². The van der Waals surface area contributed by atoms with Crippen LogP contribution in [0.15, 0.2) is 70.2 Å². The number of rotatable bonds is 5. The van der Waals surface area contributed by atoms with Crippen LogP contribution in [0.25, 0.3) is 11.3 Å². The molecule has 4 rings (SSSR count). The Morgan fingerprint density at radius 3 is 2.70 bits per heavy atom. The van der Waals surface area contributed by atoms with Gasteiger partial charge in [0.1, 0.15) is 17.9 Å². The molecule has 0 fully saturated rings. The Morgan fingerprint density at radius 1 is 1.13 bits per heavy atom. The van der Waals surface area contributed by atoms with Gasteiger partial charge >= 0.3 is 0 Å². The molecule has 1 atom stereocenters. The van der Waals surface area contributed by atoms with Gasteiger partial charge in [-0.25, -0.2) is 9.98 Å². The van der Waals surface area contributed by atoms with E-state index in [4.69, 9.17) is 14.1 Å². The van der Waals surface area contributed by atoms with Crippen molar-refractivity contribution in [1.29, 1.82) is 0 Å². The molecule has 6 nitrogen and oxygen atoms in total. The van der Waals surface area contributed by atoms with Gasteiger partial charge in [0, 0.05) is 24.1 Å². The number of nitrogens with one attached hydrogen (secondary N) is 2. The predicted molar refractivity (Wildman–Crippen MR) is 118 cm³/mol. The molecule has 0 saturated carbocycles. The number of fused-ring (bicyclic) bond motifs is 1. The normalized spacial score (nSPS) is 17.7. The molecule has 3 aromatic rings. The summed E-state index contributed by atoms with van der Waals surface area (Å²) in [6.07, 6.45) is 2.59. The Labute approximate surface area is 177 Å². The summed E-state index contributed by atoms with van der Waals surface area (Å²) in [5.74, 6) is 2.98. The fourth-order valence-electron chi connectivity index (χ4n) is 3.68. The lowest BCUT2D eigenvalue weighted by atomic mass is 9.90. The van der Waals surface area contributed by atoms with Crippen molar-refractivity contribution in [3.8, 4) is 17.1 Å². The number of ether oxygens (including phenoxy) is 1. The van der Waals surface area contributed by atoms with E-state index in [-0.39, 0.29) is 11.6 Å². The minimum absolute atomic E-state index is 0.104. The molecule has 2 aromatic carbocycles. The Bertz CT molecular complexity index is 1010. The van der Waals surface area contributed by atoms with Crippen LogP contribution in [-0.2, 0) is 6.54 Å². The molecule has 30 heavy (non-hydrogen) atoms. The molecule has 2 heterocycles. The average Bonchev–Trinajstić information content (AvgIpc) is 3.21. The summed E-state index contributed by atoms with van der Waals surface area (Å²) in [5, 5.41) is 6.89. The van der Waals surface area contributed by atoms with Crippen molar-refractivity contribution in [3.63, 3.8) is 0 Å². The van der Waals surface area contributed by atoms with Gasteiger partial charge in [-0.1, -0.05) is 48.5 Å². The van der Waals surface area contributed by atoms with E-state index < -0.39 is 0 Å². The minimum Gasteiger partial charge on any atom is -0.487 e. The highest BCUT2D eigenvalue weighted by Gasteiger charge is 2.33. The number of benzene rings is 2. The van der Waals surface area contributed by atoms with Crippen molar-refractivity contribution in [2.24, 2.45) is 4.99 Å². The summed E-state index contributed by atoms with van der Waals surface area (Å²) in [6, 6.07) is 18.2. The van der Waals surface area contributed by atoms with Gasteiger partial charge in [-0.05, 0) is 26.8 Å². The Balaban J connectivity index is 1.50. The fraction of sp³-hybridized carbons (Fsp3) is 0.333. The fourth-order valence-corrected chi connectivity index (χ4v) is 3.68. The van der Waals surface area contributed by atoms with Gasteiger partial charge in [-0.2, -0.15) is 0 Å². The Morgan fingerprint density at radius 2 is 1.90 bits per heavy atom. The first kappa shape index (κ1) is 20.0. The summed E-state index contributed by atoms with van der Waals surface area (Å²) in [4.78, 5) is 9.08. The van der Waals surface area contributed by atoms with E-state index >= 15 is 0 Å². The second-order valence-electron chi connectivity index (χ2n) is 7.98. The molecule has 2 N–H and O–H groups in total. The van der Waals surface area contributed by atoms with Gasteiger partial charge in [-0.15, -0.1) is 0 Å². The van der Waals surface area contributed by atoms with Gasteiger partial charge in [0.05, 0.1) is 12.2 Å². The van der Waals surface area contributed by atoms with E-state index in [1.807, 2.05) is 48.5 Å². The first-order valence-corrected chi connectivity index (χ1v) is 10.4. The van der Waals surface area contributed by atoms with Crippen molar-refractivity contribution in [2.75, 3.05) is 6.54 Å². The first-order valence-electron chi connectivity index (χ1n) is 10.4. The third kappa shape index (κ3) is 4.64. The van der Waals surface area contributed by atoms with Crippen LogP contribution in [0.3, 0.4) is 0 Å². The molecule has 0 amide bonds. The molecule has 156 valence electrons. The molecule has 0 radical (unpaired) electrons. The lowest BCUT2D eigenvalue weighted by Crippen LogP contribution is -2.45. The number of hydrogen-bond acceptors (Lipinski definition) is 4. The third-order valence-electron chi connectivity index (χ3n) is 5.02. The lowest BCUT2D eigenvalue weighted by molar-refractivity contribution is 0.0694. The molecular weight excluding hydrogens is 376 g/mol. The lowest BCUT2D eigenvalue weighted by Gasteiger charge is -2.38. The number of nitrogens with zero attached hydrogens (tertiary/aromatic N) is 2. The van der Waals surface area contributed by atoms with Gasteiger partial charge in [0.15, 0.2) is 11.7 Å². The molecular formula is C24H28N4O2. The molecule has 1 aliphatic heterocycles. The summed E-state index contributed by atoms with van der Waals surface area (Å²) < 4.78 is 12.0. The van der Waals surface area contributed by atoms with Gasteiger partial charge in [-0.3, -0.25) is 0 Å². The molecule has 1 aromatic heterocycles. The standard InChI is InChI=1S/C24H28N4O2/c1-4-25-23(27-16-22-26-15-21(29-22)17-10-6-5-7-11-17)28-19-14-24(2,3)30-20-13-9-8-12-18(19)20/h5-13,15,19H,4,14,16H2,1-3H3,(H2,25,27,28). The molecule has 0 bridgehead atoms. The van der Waals surface area contributed by atoms with Crippen LogP contribution in [0.4, 0.5) is 0 Å². The van der Waals surface area contributed by atoms with Gasteiger partial charge in [0.25, 0.3) is 0 Å². The largest absolute Gasteiger partial charge is 0.487 e. The highest BCUT2D eigenvalue weighted by atomic mass is 16.5. The second-order valence-corrected chi connectivity index (χ2v) is 7.98. The predicted octanol–water partition coefficient (Wildman–Crippen LogP) is 4.70. The third-order valence-corrected chi connectivity index (χ3v) is 5.02. The van der Waals surface area contributed by atoms with Crippen LogP contribution in [0, 0.1) is 0 Å². The van der Waals surface area contributed by atoms with Crippen molar-refractivity contribution < 1.29 is 9.15 Å². The van der Waals surface area contributed by atoms with Gasteiger partial charge in [0.2, 0.25) is 5.89 Å². The quantitative estimate of drug-likeness (QED) is 0.476. The highest BCUT2D eigenvalue weighted by Crippen LogP contribution is 2.39. The van der Waals surface area contributed by atoms with Crippen LogP contribution in [-0.4, -0.2) is 23.1 Å². The number of oxazole rings is 1. The van der Waals surface area contributed by atoms with Crippen molar-refractivity contribution in [3.05, 3.63) is 72.2 Å². The first-order chi connectivity index (χ1) is 14.5. The van der Waals surface area contributed by atoms with Crippen LogP contribution in [0.1, 0.15) is 44.7 Å². The zero-order chi connectivity index (χ0) is 21.0. The molecule has 0 spiro atoms. The van der Waals surface area contributed by atoms with Crippen LogP contribution in [0.5, 0.6) is 5.75 Å². The van der Waals surface area contributed by atoms with Crippen LogP contribution < -0.4 is 15.4 Å². The minimum atomic E-state index is -0.253. The SMILES string of the molecule is CCNC(=NCc1ncc(-c2ccccc2)o1)NC1CC(C)(C)Oc2ccccc21. The maximum absolute atomic E-state index is 6.14. The highest BCUT2D eigenvalue weighted by molar-refractivity contribution is 5.80. The second kappa shape index (κ2) is 8.61. The van der Waals surface area contributed by atoms with Crippen molar-refractivity contribution >= 4 is 5.96 Å². The molecule has 1 unspecified atom stereocenters.